The fourth-order valence-corrected chi connectivity index (χ4v) is 5.08. The van der Waals surface area contributed by atoms with Crippen molar-refractivity contribution in [2.24, 2.45) is 0 Å². The number of benzene rings is 3. The molecule has 3 heteroatoms. The smallest absolute Gasteiger partial charge is 0.182 e. The Balaban J connectivity index is 1.37. The lowest BCUT2D eigenvalue weighted by atomic mass is 9.90. The van der Waals surface area contributed by atoms with Crippen LogP contribution in [0.15, 0.2) is 72.8 Å². The van der Waals surface area contributed by atoms with E-state index in [1.165, 1.54) is 55.2 Å². The Labute approximate surface area is 217 Å². The van der Waals surface area contributed by atoms with Gasteiger partial charge in [-0.3, -0.25) is 9.69 Å². The first-order chi connectivity index (χ1) is 17.5. The number of Topliss-reactive ketones (excluding diaryl/α,β-unsaturated/α-hetero) is 1. The number of carbonyl (C=O) groups is 1. The van der Waals surface area contributed by atoms with E-state index in [0.29, 0.717) is 13.2 Å². The lowest BCUT2D eigenvalue weighted by Gasteiger charge is -2.39. The lowest BCUT2D eigenvalue weighted by Crippen LogP contribution is -2.54. The molecule has 0 unspecified atom stereocenters. The summed E-state index contributed by atoms with van der Waals surface area (Å²) in [6.45, 7) is 9.28. The summed E-state index contributed by atoms with van der Waals surface area (Å²) in [5, 5.41) is 0. The topological polar surface area (TPSA) is 29.5 Å². The molecule has 190 valence electrons. The van der Waals surface area contributed by atoms with Gasteiger partial charge in [0.15, 0.2) is 5.78 Å². The lowest BCUT2D eigenvalue weighted by molar-refractivity contribution is -0.00429. The average molecular weight is 484 g/mol. The standard InChI is InChI=1S/C33H41NO2/c1-4-5-6-7-8-9-26-10-12-27(13-11-26)28-14-16-29(17-15-28)30-18-20-31(21-19-30)32(35)33(2,3)34-22-24-36-25-23-34/h10-21H,4-9,22-25H2,1-3H3. The van der Waals surface area contributed by atoms with Crippen molar-refractivity contribution in [2.45, 2.75) is 64.8 Å². The predicted molar refractivity (Wildman–Crippen MR) is 151 cm³/mol. The van der Waals surface area contributed by atoms with Gasteiger partial charge in [-0.15, -0.1) is 0 Å². The fourth-order valence-electron chi connectivity index (χ4n) is 5.08. The fraction of sp³-hybridized carbons (Fsp3) is 0.424. The van der Waals surface area contributed by atoms with Crippen molar-refractivity contribution in [3.05, 3.63) is 83.9 Å². The SMILES string of the molecule is CCCCCCCc1ccc(-c2ccc(-c3ccc(C(=O)C(C)(C)N4CCOCC4)cc3)cc2)cc1. The highest BCUT2D eigenvalue weighted by Gasteiger charge is 2.35. The van der Waals surface area contributed by atoms with Gasteiger partial charge < -0.3 is 4.74 Å². The molecular weight excluding hydrogens is 442 g/mol. The minimum absolute atomic E-state index is 0.163. The number of rotatable bonds is 11. The van der Waals surface area contributed by atoms with Crippen LogP contribution in [0.5, 0.6) is 0 Å². The van der Waals surface area contributed by atoms with Gasteiger partial charge >= 0.3 is 0 Å². The summed E-state index contributed by atoms with van der Waals surface area (Å²) in [4.78, 5) is 15.5. The second-order valence-corrected chi connectivity index (χ2v) is 10.5. The van der Waals surface area contributed by atoms with Crippen molar-refractivity contribution in [3.8, 4) is 22.3 Å². The molecule has 0 saturated carbocycles. The number of ketones is 1. The molecule has 1 saturated heterocycles. The number of hydrogen-bond donors (Lipinski definition) is 0. The van der Waals surface area contributed by atoms with Crippen LogP contribution < -0.4 is 0 Å². The van der Waals surface area contributed by atoms with E-state index in [1.807, 2.05) is 26.0 Å². The summed E-state index contributed by atoms with van der Waals surface area (Å²) >= 11 is 0. The Morgan fingerprint density at radius 2 is 1.19 bits per heavy atom. The van der Waals surface area contributed by atoms with Crippen LogP contribution in [-0.4, -0.2) is 42.5 Å². The molecule has 1 fully saturated rings. The van der Waals surface area contributed by atoms with E-state index < -0.39 is 5.54 Å². The second kappa shape index (κ2) is 12.5. The van der Waals surface area contributed by atoms with Gasteiger partial charge in [-0.25, -0.2) is 0 Å². The zero-order valence-electron chi connectivity index (χ0n) is 22.3. The molecule has 3 aromatic carbocycles. The Morgan fingerprint density at radius 1 is 0.722 bits per heavy atom. The van der Waals surface area contributed by atoms with Crippen molar-refractivity contribution in [3.63, 3.8) is 0 Å². The molecule has 0 radical (unpaired) electrons. The van der Waals surface area contributed by atoms with E-state index in [1.54, 1.807) is 0 Å². The molecule has 0 bridgehead atoms. The molecule has 0 N–H and O–H groups in total. The summed E-state index contributed by atoms with van der Waals surface area (Å²) in [7, 11) is 0. The third kappa shape index (κ3) is 6.52. The van der Waals surface area contributed by atoms with Gasteiger partial charge in [-0.05, 0) is 54.5 Å². The van der Waals surface area contributed by atoms with E-state index in [4.69, 9.17) is 4.74 Å². The minimum Gasteiger partial charge on any atom is -0.379 e. The third-order valence-electron chi connectivity index (χ3n) is 7.58. The Hall–Kier alpha value is -2.75. The first-order valence-electron chi connectivity index (χ1n) is 13.7. The first-order valence-corrected chi connectivity index (χ1v) is 13.7. The number of carbonyl (C=O) groups excluding carboxylic acids is 1. The van der Waals surface area contributed by atoms with Crippen molar-refractivity contribution >= 4 is 5.78 Å². The van der Waals surface area contributed by atoms with Gasteiger partial charge in [-0.2, -0.15) is 0 Å². The second-order valence-electron chi connectivity index (χ2n) is 10.5. The summed E-state index contributed by atoms with van der Waals surface area (Å²) in [6, 6.07) is 25.8. The normalized spacial score (nSPS) is 14.6. The van der Waals surface area contributed by atoms with Crippen molar-refractivity contribution in [1.82, 2.24) is 4.90 Å². The van der Waals surface area contributed by atoms with Gasteiger partial charge in [0.2, 0.25) is 0 Å². The number of morpholine rings is 1. The maximum absolute atomic E-state index is 13.3. The van der Waals surface area contributed by atoms with Crippen LogP contribution in [0.2, 0.25) is 0 Å². The molecule has 4 rings (SSSR count). The largest absolute Gasteiger partial charge is 0.379 e. The zero-order chi connectivity index (χ0) is 25.4. The molecule has 3 nitrogen and oxygen atoms in total. The molecular formula is C33H41NO2. The highest BCUT2D eigenvalue weighted by molar-refractivity contribution is 6.03. The van der Waals surface area contributed by atoms with E-state index >= 15 is 0 Å². The quantitative estimate of drug-likeness (QED) is 0.206. The van der Waals surface area contributed by atoms with Gasteiger partial charge in [-0.1, -0.05) is 105 Å². The van der Waals surface area contributed by atoms with Crippen LogP contribution in [0.1, 0.15) is 68.8 Å². The van der Waals surface area contributed by atoms with Crippen LogP contribution >= 0.6 is 0 Å². The van der Waals surface area contributed by atoms with Gasteiger partial charge in [0.25, 0.3) is 0 Å². The summed E-state index contributed by atoms with van der Waals surface area (Å²) in [5.41, 5.74) is 6.43. The van der Waals surface area contributed by atoms with Crippen molar-refractivity contribution in [1.29, 1.82) is 0 Å². The van der Waals surface area contributed by atoms with Crippen LogP contribution in [-0.2, 0) is 11.2 Å². The Kier molecular flexibility index (Phi) is 9.12. The van der Waals surface area contributed by atoms with E-state index in [0.717, 1.165) is 29.8 Å². The molecule has 1 aliphatic heterocycles. The van der Waals surface area contributed by atoms with Gasteiger partial charge in [0, 0.05) is 18.7 Å². The molecule has 0 aliphatic carbocycles. The maximum Gasteiger partial charge on any atom is 0.182 e. The number of ether oxygens (including phenoxy) is 1. The maximum atomic E-state index is 13.3. The van der Waals surface area contributed by atoms with Crippen molar-refractivity contribution < 1.29 is 9.53 Å². The van der Waals surface area contributed by atoms with Gasteiger partial charge in [0.1, 0.15) is 0 Å². The predicted octanol–water partition coefficient (Wildman–Crippen LogP) is 7.83. The minimum atomic E-state index is -0.530. The number of unbranched alkanes of at least 4 members (excludes halogenated alkanes) is 4. The monoisotopic (exact) mass is 483 g/mol. The molecule has 0 spiro atoms. The summed E-state index contributed by atoms with van der Waals surface area (Å²) in [5.74, 6) is 0.163. The number of nitrogens with zero attached hydrogens (tertiary/aromatic N) is 1. The molecule has 36 heavy (non-hydrogen) atoms. The zero-order valence-corrected chi connectivity index (χ0v) is 22.3. The Morgan fingerprint density at radius 3 is 1.72 bits per heavy atom. The number of aryl methyl sites for hydroxylation is 1. The molecule has 0 aromatic heterocycles. The number of hydrogen-bond acceptors (Lipinski definition) is 3. The molecule has 1 aliphatic rings. The van der Waals surface area contributed by atoms with Crippen LogP contribution in [0.25, 0.3) is 22.3 Å². The molecule has 0 amide bonds. The average Bonchev–Trinajstić information content (AvgIpc) is 2.93. The first kappa shape index (κ1) is 26.3. The van der Waals surface area contributed by atoms with E-state index in [-0.39, 0.29) is 5.78 Å². The summed E-state index contributed by atoms with van der Waals surface area (Å²) < 4.78 is 5.46. The summed E-state index contributed by atoms with van der Waals surface area (Å²) in [6.07, 6.45) is 7.79. The molecule has 0 atom stereocenters. The van der Waals surface area contributed by atoms with E-state index in [9.17, 15) is 4.79 Å². The molecule has 1 heterocycles. The van der Waals surface area contributed by atoms with Crippen LogP contribution in [0, 0.1) is 0 Å². The van der Waals surface area contributed by atoms with Crippen molar-refractivity contribution in [2.75, 3.05) is 26.3 Å². The van der Waals surface area contributed by atoms with E-state index in [2.05, 4.69) is 72.5 Å². The Bertz CT molecular complexity index is 1090. The highest BCUT2D eigenvalue weighted by Crippen LogP contribution is 2.27. The highest BCUT2D eigenvalue weighted by atomic mass is 16.5. The molecule has 3 aromatic rings. The third-order valence-corrected chi connectivity index (χ3v) is 7.58. The van der Waals surface area contributed by atoms with Crippen LogP contribution in [0.3, 0.4) is 0 Å². The van der Waals surface area contributed by atoms with Gasteiger partial charge in [0.05, 0.1) is 18.8 Å². The van der Waals surface area contributed by atoms with Crippen LogP contribution in [0.4, 0.5) is 0 Å².